The molecule has 0 saturated carbocycles. The summed E-state index contributed by atoms with van der Waals surface area (Å²) >= 11 is 7.91. The van der Waals surface area contributed by atoms with Gasteiger partial charge in [-0.15, -0.1) is 10.2 Å². The number of carbonyl (C=O) groups is 1. The van der Waals surface area contributed by atoms with Crippen molar-refractivity contribution in [1.29, 1.82) is 0 Å². The van der Waals surface area contributed by atoms with Gasteiger partial charge in [-0.1, -0.05) is 102 Å². The van der Waals surface area contributed by atoms with Crippen LogP contribution in [0.3, 0.4) is 0 Å². The van der Waals surface area contributed by atoms with Crippen LogP contribution in [0.15, 0.2) is 102 Å². The molecule has 0 saturated heterocycles. The Labute approximate surface area is 262 Å². The lowest BCUT2D eigenvalue weighted by Crippen LogP contribution is -2.35. The number of benzene rings is 4. The highest BCUT2D eigenvalue weighted by Crippen LogP contribution is 2.35. The number of aromatic nitrogens is 3. The molecule has 6 nitrogen and oxygen atoms in total. The second-order valence-electron chi connectivity index (χ2n) is 10.3. The molecule has 11 heteroatoms. The highest BCUT2D eigenvalue weighted by atomic mass is 35.5. The molecule has 1 unspecified atom stereocenters. The molecule has 0 spiro atoms. The molecule has 0 aliphatic heterocycles. The highest BCUT2D eigenvalue weighted by Gasteiger charge is 2.34. The summed E-state index contributed by atoms with van der Waals surface area (Å²) in [4.78, 5) is 13.3. The summed E-state index contributed by atoms with van der Waals surface area (Å²) < 4.78 is 42.8. The van der Waals surface area contributed by atoms with Crippen LogP contribution >= 0.6 is 23.4 Å². The van der Waals surface area contributed by atoms with E-state index in [9.17, 15) is 18.0 Å². The second kappa shape index (κ2) is 13.6. The van der Waals surface area contributed by atoms with Gasteiger partial charge in [0, 0.05) is 17.2 Å². The Balaban J connectivity index is 1.54. The molecule has 1 heterocycles. The van der Waals surface area contributed by atoms with E-state index in [0.29, 0.717) is 28.2 Å². The number of amides is 2. The first kappa shape index (κ1) is 31.2. The van der Waals surface area contributed by atoms with Gasteiger partial charge in [0.05, 0.1) is 23.0 Å². The summed E-state index contributed by atoms with van der Waals surface area (Å²) in [5, 5.41) is 15.4. The Morgan fingerprint density at radius 1 is 0.909 bits per heavy atom. The van der Waals surface area contributed by atoms with Gasteiger partial charge in [-0.2, -0.15) is 13.2 Å². The molecule has 2 N–H and O–H groups in total. The summed E-state index contributed by atoms with van der Waals surface area (Å²) in [5.41, 5.74) is 3.47. The third-order valence-electron chi connectivity index (χ3n) is 6.90. The monoisotopic (exact) mass is 635 g/mol. The lowest BCUT2D eigenvalue weighted by molar-refractivity contribution is -0.136. The molecular formula is C33H29ClF3N5OS. The van der Waals surface area contributed by atoms with E-state index in [4.69, 9.17) is 11.6 Å². The standard InChI is InChI=1S/C33H29ClF3N5OS/c1-21-9-8-12-24(17-21)20-44-32-41-40-30(42(32)29-19-25(34)16-15-22(29)2)28(18-23-10-4-3-5-11-23)39-31(43)38-27-14-7-6-13-26(27)33(35,36)37/h3-17,19,28H,18,20H2,1-2H3,(H2,38,39,43). The van der Waals surface area contributed by atoms with Crippen molar-refractivity contribution >= 4 is 35.1 Å². The molecule has 4 aromatic carbocycles. The fraction of sp³-hybridized carbons (Fsp3) is 0.182. The number of hydrogen-bond donors (Lipinski definition) is 2. The van der Waals surface area contributed by atoms with E-state index >= 15 is 0 Å². The minimum absolute atomic E-state index is 0.301. The first-order chi connectivity index (χ1) is 21.1. The summed E-state index contributed by atoms with van der Waals surface area (Å²) in [6.45, 7) is 3.97. The van der Waals surface area contributed by atoms with E-state index in [-0.39, 0.29) is 5.69 Å². The van der Waals surface area contributed by atoms with Crippen LogP contribution in [0.4, 0.5) is 23.7 Å². The van der Waals surface area contributed by atoms with Crippen molar-refractivity contribution in [2.75, 3.05) is 5.32 Å². The zero-order valence-electron chi connectivity index (χ0n) is 23.9. The number of urea groups is 1. The van der Waals surface area contributed by atoms with Gasteiger partial charge < -0.3 is 10.6 Å². The number of alkyl halides is 3. The zero-order chi connectivity index (χ0) is 31.3. The second-order valence-corrected chi connectivity index (χ2v) is 11.6. The lowest BCUT2D eigenvalue weighted by atomic mass is 10.0. The number of carbonyl (C=O) groups excluding carboxylic acids is 1. The third-order valence-corrected chi connectivity index (χ3v) is 8.14. The van der Waals surface area contributed by atoms with Gasteiger partial charge in [0.25, 0.3) is 0 Å². The van der Waals surface area contributed by atoms with Gasteiger partial charge in [0.1, 0.15) is 0 Å². The van der Waals surface area contributed by atoms with E-state index in [1.165, 1.54) is 30.0 Å². The minimum atomic E-state index is -4.64. The van der Waals surface area contributed by atoms with E-state index in [2.05, 4.69) is 26.9 Å². The maximum Gasteiger partial charge on any atom is 0.418 e. The number of thioether (sulfide) groups is 1. The summed E-state index contributed by atoms with van der Waals surface area (Å²) in [5.74, 6) is 1.02. The molecule has 1 aromatic heterocycles. The average Bonchev–Trinajstić information content (AvgIpc) is 3.41. The van der Waals surface area contributed by atoms with Crippen LogP contribution in [0.5, 0.6) is 0 Å². The van der Waals surface area contributed by atoms with Crippen LogP contribution in [-0.4, -0.2) is 20.8 Å². The first-order valence-corrected chi connectivity index (χ1v) is 15.1. The Hall–Kier alpha value is -4.28. The lowest BCUT2D eigenvalue weighted by Gasteiger charge is -2.22. The van der Waals surface area contributed by atoms with Gasteiger partial charge in [0.15, 0.2) is 11.0 Å². The number of nitrogens with zero attached hydrogens (tertiary/aromatic N) is 3. The van der Waals surface area contributed by atoms with Crippen molar-refractivity contribution in [3.8, 4) is 5.69 Å². The number of halogens is 4. The Bertz CT molecular complexity index is 1760. The largest absolute Gasteiger partial charge is 0.418 e. The SMILES string of the molecule is Cc1cccc(CSc2nnc(C(Cc3ccccc3)NC(=O)Nc3ccccc3C(F)(F)F)n2-c2cc(Cl)ccc2C)c1. The fourth-order valence-electron chi connectivity index (χ4n) is 4.81. The predicted molar refractivity (Wildman–Crippen MR) is 168 cm³/mol. The Morgan fingerprint density at radius 2 is 1.64 bits per heavy atom. The van der Waals surface area contributed by atoms with Gasteiger partial charge in [-0.05, 0) is 54.8 Å². The van der Waals surface area contributed by atoms with Crippen molar-refractivity contribution in [2.45, 2.75) is 43.4 Å². The van der Waals surface area contributed by atoms with Gasteiger partial charge in [0.2, 0.25) is 0 Å². The quantitative estimate of drug-likeness (QED) is 0.159. The first-order valence-electron chi connectivity index (χ1n) is 13.8. The maximum absolute atomic E-state index is 13.6. The van der Waals surface area contributed by atoms with E-state index < -0.39 is 23.8 Å². The molecule has 5 aromatic rings. The van der Waals surface area contributed by atoms with Gasteiger partial charge in [-0.3, -0.25) is 4.57 Å². The van der Waals surface area contributed by atoms with Crippen LogP contribution < -0.4 is 10.6 Å². The van der Waals surface area contributed by atoms with Crippen molar-refractivity contribution in [1.82, 2.24) is 20.1 Å². The van der Waals surface area contributed by atoms with Crippen LogP contribution in [0, 0.1) is 13.8 Å². The van der Waals surface area contributed by atoms with Gasteiger partial charge >= 0.3 is 12.2 Å². The number of anilines is 1. The third kappa shape index (κ3) is 7.62. The number of para-hydroxylation sites is 1. The van der Waals surface area contributed by atoms with Gasteiger partial charge in [-0.25, -0.2) is 4.79 Å². The summed E-state index contributed by atoms with van der Waals surface area (Å²) in [6, 6.07) is 26.4. The number of hydrogen-bond acceptors (Lipinski definition) is 4. The number of nitrogens with one attached hydrogen (secondary N) is 2. The molecule has 1 atom stereocenters. The predicted octanol–water partition coefficient (Wildman–Crippen LogP) is 8.95. The molecule has 0 bridgehead atoms. The number of aryl methyl sites for hydroxylation is 2. The smallest absolute Gasteiger partial charge is 0.327 e. The molecule has 5 rings (SSSR count). The summed E-state index contributed by atoms with van der Waals surface area (Å²) in [7, 11) is 0. The van der Waals surface area contributed by atoms with E-state index in [0.717, 1.165) is 34.0 Å². The van der Waals surface area contributed by atoms with Crippen molar-refractivity contribution in [2.24, 2.45) is 0 Å². The van der Waals surface area contributed by atoms with E-state index in [1.54, 1.807) is 12.1 Å². The molecule has 0 radical (unpaired) electrons. The van der Waals surface area contributed by atoms with Crippen molar-refractivity contribution in [3.63, 3.8) is 0 Å². The normalized spacial score (nSPS) is 12.1. The zero-order valence-corrected chi connectivity index (χ0v) is 25.5. The maximum atomic E-state index is 13.6. The average molecular weight is 636 g/mol. The molecule has 0 fully saturated rings. The number of rotatable bonds is 9. The van der Waals surface area contributed by atoms with E-state index in [1.807, 2.05) is 73.0 Å². The van der Waals surface area contributed by atoms with Crippen LogP contribution in [0.1, 0.15) is 39.7 Å². The Kier molecular flexibility index (Phi) is 9.61. The van der Waals surface area contributed by atoms with Crippen molar-refractivity contribution < 1.29 is 18.0 Å². The summed E-state index contributed by atoms with van der Waals surface area (Å²) in [6.07, 6.45) is -4.34. The van der Waals surface area contributed by atoms with Crippen molar-refractivity contribution in [3.05, 3.63) is 136 Å². The molecule has 2 amide bonds. The molecule has 0 aliphatic rings. The van der Waals surface area contributed by atoms with Crippen LogP contribution in [-0.2, 0) is 18.3 Å². The highest BCUT2D eigenvalue weighted by molar-refractivity contribution is 7.98. The fourth-order valence-corrected chi connectivity index (χ4v) is 5.87. The topological polar surface area (TPSA) is 71.8 Å². The molecule has 44 heavy (non-hydrogen) atoms. The Morgan fingerprint density at radius 3 is 2.39 bits per heavy atom. The molecule has 226 valence electrons. The molecular weight excluding hydrogens is 607 g/mol. The van der Waals surface area contributed by atoms with Crippen LogP contribution in [0.2, 0.25) is 5.02 Å². The minimum Gasteiger partial charge on any atom is -0.327 e. The molecule has 0 aliphatic carbocycles. The van der Waals surface area contributed by atoms with Crippen LogP contribution in [0.25, 0.3) is 5.69 Å².